The van der Waals surface area contributed by atoms with E-state index in [0.29, 0.717) is 13.0 Å². The molecule has 1 aromatic carbocycles. The molecule has 4 heterocycles. The highest BCUT2D eigenvalue weighted by Crippen LogP contribution is 2.34. The maximum Gasteiger partial charge on any atom is 0.292 e. The van der Waals surface area contributed by atoms with E-state index in [4.69, 9.17) is 16.6 Å². The maximum absolute atomic E-state index is 13.3. The molecule has 0 fully saturated rings. The van der Waals surface area contributed by atoms with Gasteiger partial charge < -0.3 is 9.88 Å². The Kier molecular flexibility index (Phi) is 3.87. The number of aromatic amines is 1. The summed E-state index contributed by atoms with van der Waals surface area (Å²) in [5.74, 6) is -0.0646. The highest BCUT2D eigenvalue weighted by Gasteiger charge is 2.37. The van der Waals surface area contributed by atoms with Crippen molar-refractivity contribution >= 4 is 28.4 Å². The molecule has 4 aromatic rings. The number of H-pyrrole nitrogens is 1. The zero-order valence-electron chi connectivity index (χ0n) is 15.0. The van der Waals surface area contributed by atoms with E-state index < -0.39 is 6.04 Å². The molecular formula is C19H16ClN7O. The monoisotopic (exact) mass is 393 g/mol. The van der Waals surface area contributed by atoms with E-state index in [-0.39, 0.29) is 17.0 Å². The normalized spacial score (nSPS) is 16.4. The summed E-state index contributed by atoms with van der Waals surface area (Å²) < 4.78 is 1.40. The number of benzene rings is 1. The summed E-state index contributed by atoms with van der Waals surface area (Å²) in [7, 11) is 1.65. The number of aromatic nitrogens is 6. The molecule has 0 spiro atoms. The minimum atomic E-state index is -0.414. The number of aryl methyl sites for hydroxylation is 1. The summed E-state index contributed by atoms with van der Waals surface area (Å²) in [4.78, 5) is 31.6. The number of nitrogens with zero attached hydrogens (tertiary/aromatic N) is 6. The number of pyridine rings is 1. The van der Waals surface area contributed by atoms with Crippen LogP contribution in [0.2, 0.25) is 5.28 Å². The van der Waals surface area contributed by atoms with Gasteiger partial charge in [-0.2, -0.15) is 4.98 Å². The van der Waals surface area contributed by atoms with Crippen LogP contribution in [0.15, 0.2) is 42.7 Å². The molecule has 8 nitrogen and oxygen atoms in total. The molecule has 0 saturated carbocycles. The van der Waals surface area contributed by atoms with Crippen LogP contribution in [0.3, 0.4) is 0 Å². The fraction of sp³-hybridized carbons (Fsp3) is 0.211. The molecule has 1 N–H and O–H groups in total. The fourth-order valence-electron chi connectivity index (χ4n) is 3.70. The largest absolute Gasteiger partial charge is 0.348 e. The van der Waals surface area contributed by atoms with Gasteiger partial charge in [0.05, 0.1) is 23.2 Å². The van der Waals surface area contributed by atoms with E-state index >= 15 is 0 Å². The highest BCUT2D eigenvalue weighted by atomic mass is 35.5. The Balaban J connectivity index is 1.64. The van der Waals surface area contributed by atoms with Crippen LogP contribution in [0.1, 0.15) is 33.7 Å². The van der Waals surface area contributed by atoms with Crippen LogP contribution in [0.5, 0.6) is 0 Å². The number of nitrogens with one attached hydrogen (secondary N) is 1. The average Bonchev–Trinajstić information content (AvgIpc) is 3.32. The molecule has 0 saturated heterocycles. The van der Waals surface area contributed by atoms with Crippen molar-refractivity contribution in [2.24, 2.45) is 7.05 Å². The molecule has 1 unspecified atom stereocenters. The number of carbonyl (C=O) groups excluding carboxylic acids is 1. The molecular weight excluding hydrogens is 378 g/mol. The van der Waals surface area contributed by atoms with Gasteiger partial charge in [0.25, 0.3) is 5.91 Å². The van der Waals surface area contributed by atoms with Crippen LogP contribution in [0.25, 0.3) is 10.9 Å². The molecule has 0 bridgehead atoms. The summed E-state index contributed by atoms with van der Waals surface area (Å²) in [5.41, 5.74) is 3.45. The van der Waals surface area contributed by atoms with Crippen LogP contribution in [-0.4, -0.2) is 47.1 Å². The first-order valence-electron chi connectivity index (χ1n) is 8.87. The van der Waals surface area contributed by atoms with Gasteiger partial charge in [-0.1, -0.05) is 24.3 Å². The van der Waals surface area contributed by atoms with E-state index in [1.807, 2.05) is 36.4 Å². The second kappa shape index (κ2) is 6.42. The Labute approximate surface area is 165 Å². The first kappa shape index (κ1) is 16.9. The van der Waals surface area contributed by atoms with E-state index in [2.05, 4.69) is 20.1 Å². The molecule has 0 aliphatic carbocycles. The molecule has 3 aromatic heterocycles. The SMILES string of the molecule is Cn1nc(Cl)nc1C(=O)N1CCc2[nH]cnc2C1c1ccc2ccccc2n1. The van der Waals surface area contributed by atoms with E-state index in [0.717, 1.165) is 28.0 Å². The standard InChI is InChI=1S/C19H16ClN7O/c1-26-17(24-19(20)25-26)18(28)27-9-8-13-15(22-10-21-13)16(27)14-7-6-11-4-2-3-5-12(11)23-14/h2-7,10,16H,8-9H2,1H3,(H,21,22). The summed E-state index contributed by atoms with van der Waals surface area (Å²) in [6.45, 7) is 0.512. The van der Waals surface area contributed by atoms with Gasteiger partial charge in [-0.15, -0.1) is 5.10 Å². The van der Waals surface area contributed by atoms with Crippen molar-refractivity contribution < 1.29 is 4.79 Å². The predicted molar refractivity (Wildman–Crippen MR) is 103 cm³/mol. The second-order valence-electron chi connectivity index (χ2n) is 6.67. The van der Waals surface area contributed by atoms with Gasteiger partial charge in [0.15, 0.2) is 0 Å². The Hall–Kier alpha value is -3.26. The molecule has 140 valence electrons. The molecule has 0 radical (unpaired) electrons. The first-order chi connectivity index (χ1) is 13.6. The molecule has 1 amide bonds. The van der Waals surface area contributed by atoms with Gasteiger partial charge in [0.1, 0.15) is 6.04 Å². The van der Waals surface area contributed by atoms with Gasteiger partial charge in [0, 0.05) is 31.1 Å². The van der Waals surface area contributed by atoms with Crippen molar-refractivity contribution in [1.82, 2.24) is 34.6 Å². The fourth-order valence-corrected chi connectivity index (χ4v) is 3.89. The lowest BCUT2D eigenvalue weighted by Crippen LogP contribution is -2.42. The van der Waals surface area contributed by atoms with Crippen molar-refractivity contribution in [2.45, 2.75) is 12.5 Å². The van der Waals surface area contributed by atoms with Crippen molar-refractivity contribution in [3.8, 4) is 0 Å². The van der Waals surface area contributed by atoms with Gasteiger partial charge in [-0.05, 0) is 23.7 Å². The number of hydrogen-bond donors (Lipinski definition) is 1. The third kappa shape index (κ3) is 2.65. The Morgan fingerprint density at radius 2 is 2.07 bits per heavy atom. The third-order valence-corrected chi connectivity index (χ3v) is 5.17. The van der Waals surface area contributed by atoms with Gasteiger partial charge in [0.2, 0.25) is 11.1 Å². The van der Waals surface area contributed by atoms with Crippen molar-refractivity contribution in [3.63, 3.8) is 0 Å². The molecule has 1 aliphatic heterocycles. The topological polar surface area (TPSA) is 92.6 Å². The number of imidazole rings is 1. The van der Waals surface area contributed by atoms with E-state index in [1.54, 1.807) is 18.3 Å². The van der Waals surface area contributed by atoms with Crippen LogP contribution in [0.4, 0.5) is 0 Å². The second-order valence-corrected chi connectivity index (χ2v) is 7.01. The first-order valence-corrected chi connectivity index (χ1v) is 9.25. The maximum atomic E-state index is 13.3. The van der Waals surface area contributed by atoms with Crippen molar-refractivity contribution in [3.05, 3.63) is 70.9 Å². The quantitative estimate of drug-likeness (QED) is 0.565. The Bertz CT molecular complexity index is 1200. The average molecular weight is 394 g/mol. The number of fused-ring (bicyclic) bond motifs is 2. The molecule has 5 rings (SSSR count). The summed E-state index contributed by atoms with van der Waals surface area (Å²) in [6, 6.07) is 11.4. The number of hydrogen-bond acceptors (Lipinski definition) is 5. The number of carbonyl (C=O) groups is 1. The van der Waals surface area contributed by atoms with Crippen LogP contribution in [-0.2, 0) is 13.5 Å². The summed E-state index contributed by atoms with van der Waals surface area (Å²) in [6.07, 6.45) is 2.34. The lowest BCUT2D eigenvalue weighted by atomic mass is 9.98. The predicted octanol–water partition coefficient (Wildman–Crippen LogP) is 2.53. The molecule has 1 aliphatic rings. The minimum Gasteiger partial charge on any atom is -0.348 e. The van der Waals surface area contributed by atoms with Gasteiger partial charge in [-0.3, -0.25) is 9.78 Å². The molecule has 28 heavy (non-hydrogen) atoms. The lowest BCUT2D eigenvalue weighted by molar-refractivity contribution is 0.0669. The lowest BCUT2D eigenvalue weighted by Gasteiger charge is -2.34. The van der Waals surface area contributed by atoms with Crippen LogP contribution < -0.4 is 0 Å². The number of amides is 1. The van der Waals surface area contributed by atoms with Crippen molar-refractivity contribution in [2.75, 3.05) is 6.54 Å². The van der Waals surface area contributed by atoms with E-state index in [9.17, 15) is 4.79 Å². The minimum absolute atomic E-state index is 0.0451. The molecule has 9 heteroatoms. The zero-order chi connectivity index (χ0) is 19.3. The van der Waals surface area contributed by atoms with Crippen molar-refractivity contribution in [1.29, 1.82) is 0 Å². The number of halogens is 1. The van der Waals surface area contributed by atoms with Crippen LogP contribution >= 0.6 is 11.6 Å². The Morgan fingerprint density at radius 3 is 2.89 bits per heavy atom. The molecule has 1 atom stereocenters. The van der Waals surface area contributed by atoms with Gasteiger partial charge >= 0.3 is 0 Å². The summed E-state index contributed by atoms with van der Waals surface area (Å²) in [5, 5.41) is 5.07. The zero-order valence-corrected chi connectivity index (χ0v) is 15.8. The summed E-state index contributed by atoms with van der Waals surface area (Å²) >= 11 is 5.89. The third-order valence-electron chi connectivity index (χ3n) is 5.01. The smallest absolute Gasteiger partial charge is 0.292 e. The highest BCUT2D eigenvalue weighted by molar-refractivity contribution is 6.28. The van der Waals surface area contributed by atoms with Crippen LogP contribution in [0, 0.1) is 0 Å². The Morgan fingerprint density at radius 1 is 1.21 bits per heavy atom. The number of para-hydroxylation sites is 1. The van der Waals surface area contributed by atoms with Gasteiger partial charge in [-0.25, -0.2) is 9.67 Å². The van der Waals surface area contributed by atoms with E-state index in [1.165, 1.54) is 4.68 Å². The number of rotatable bonds is 2.